The van der Waals surface area contributed by atoms with Crippen LogP contribution in [0.2, 0.25) is 10.0 Å². The van der Waals surface area contributed by atoms with Crippen molar-refractivity contribution in [2.24, 2.45) is 0 Å². The third-order valence-corrected chi connectivity index (χ3v) is 5.97. The maximum atomic E-state index is 12.1. The summed E-state index contributed by atoms with van der Waals surface area (Å²) in [4.78, 5) is 13.0. The van der Waals surface area contributed by atoms with Gasteiger partial charge in [-0.3, -0.25) is 9.00 Å². The molecule has 0 saturated heterocycles. The largest absolute Gasteiger partial charge is 0.292 e. The van der Waals surface area contributed by atoms with Crippen LogP contribution in [0.3, 0.4) is 0 Å². The molecule has 1 aromatic heterocycles. The zero-order valence-corrected chi connectivity index (χ0v) is 14.1. The second kappa shape index (κ2) is 6.50. The van der Waals surface area contributed by atoms with Crippen LogP contribution in [0.1, 0.15) is 9.67 Å². The van der Waals surface area contributed by atoms with Crippen LogP contribution < -0.4 is 0 Å². The molecule has 2 rings (SSSR count). The predicted molar refractivity (Wildman–Crippen MR) is 84.1 cm³/mol. The van der Waals surface area contributed by atoms with Gasteiger partial charge >= 0.3 is 0 Å². The molecule has 0 radical (unpaired) electrons. The monoisotopic (exact) mass is 396 g/mol. The standard InChI is InChI=1S/C12H7BrCl2O2S2/c13-12-4-3-11(18-12)10(16)6-19(17)7-1-2-8(14)9(15)5-7/h1-5H,6H2. The van der Waals surface area contributed by atoms with Crippen molar-refractivity contribution in [2.45, 2.75) is 4.90 Å². The topological polar surface area (TPSA) is 34.1 Å². The summed E-state index contributed by atoms with van der Waals surface area (Å²) < 4.78 is 13.0. The van der Waals surface area contributed by atoms with Gasteiger partial charge in [-0.1, -0.05) is 23.2 Å². The third kappa shape index (κ3) is 3.89. The van der Waals surface area contributed by atoms with Crippen LogP contribution >= 0.6 is 50.5 Å². The first-order valence-electron chi connectivity index (χ1n) is 5.09. The zero-order chi connectivity index (χ0) is 14.0. The van der Waals surface area contributed by atoms with Gasteiger partial charge in [-0.15, -0.1) is 11.3 Å². The quantitative estimate of drug-likeness (QED) is 0.693. The maximum Gasteiger partial charge on any atom is 0.185 e. The van der Waals surface area contributed by atoms with Crippen LogP contribution in [0, 0.1) is 0 Å². The molecule has 19 heavy (non-hydrogen) atoms. The Morgan fingerprint density at radius 1 is 1.21 bits per heavy atom. The lowest BCUT2D eigenvalue weighted by Gasteiger charge is -2.02. The number of benzene rings is 1. The molecule has 1 aromatic carbocycles. The van der Waals surface area contributed by atoms with Crippen molar-refractivity contribution >= 4 is 67.1 Å². The van der Waals surface area contributed by atoms with Crippen LogP contribution in [-0.4, -0.2) is 15.7 Å². The number of hydrogen-bond donors (Lipinski definition) is 0. The fourth-order valence-corrected chi connectivity index (χ4v) is 4.16. The zero-order valence-electron chi connectivity index (χ0n) is 9.36. The first-order valence-corrected chi connectivity index (χ1v) is 8.78. The average Bonchev–Trinajstić information content (AvgIpc) is 2.79. The van der Waals surface area contributed by atoms with Gasteiger partial charge in [-0.25, -0.2) is 0 Å². The fraction of sp³-hybridized carbons (Fsp3) is 0.0833. The van der Waals surface area contributed by atoms with Crippen molar-refractivity contribution in [3.05, 3.63) is 49.0 Å². The summed E-state index contributed by atoms with van der Waals surface area (Å²) in [6.07, 6.45) is 0. The molecule has 0 bridgehead atoms. The highest BCUT2D eigenvalue weighted by atomic mass is 79.9. The Hall–Kier alpha value is -0.200. The van der Waals surface area contributed by atoms with E-state index in [1.807, 2.05) is 0 Å². The van der Waals surface area contributed by atoms with E-state index in [1.54, 1.807) is 24.3 Å². The molecule has 0 aliphatic rings. The number of ketones is 1. The lowest BCUT2D eigenvalue weighted by molar-refractivity contribution is 0.102. The molecule has 1 heterocycles. The maximum absolute atomic E-state index is 12.1. The lowest BCUT2D eigenvalue weighted by atomic mass is 10.3. The summed E-state index contributed by atoms with van der Waals surface area (Å²) in [5, 5.41) is 0.731. The minimum absolute atomic E-state index is 0.0646. The lowest BCUT2D eigenvalue weighted by Crippen LogP contribution is -2.09. The Labute approximate surface area is 135 Å². The second-order valence-corrected chi connectivity index (χ2v) is 8.32. The molecule has 0 spiro atoms. The van der Waals surface area contributed by atoms with Crippen molar-refractivity contribution in [2.75, 3.05) is 5.75 Å². The van der Waals surface area contributed by atoms with E-state index in [2.05, 4.69) is 15.9 Å². The van der Waals surface area contributed by atoms with Crippen LogP contribution in [-0.2, 0) is 10.8 Å². The van der Waals surface area contributed by atoms with Crippen LogP contribution in [0.25, 0.3) is 0 Å². The number of Topliss-reactive ketones (excluding diaryl/α,β-unsaturated/α-hetero) is 1. The van der Waals surface area contributed by atoms with Crippen molar-refractivity contribution in [1.82, 2.24) is 0 Å². The first-order chi connectivity index (χ1) is 8.97. The van der Waals surface area contributed by atoms with E-state index in [4.69, 9.17) is 23.2 Å². The Morgan fingerprint density at radius 3 is 2.53 bits per heavy atom. The number of carbonyl (C=O) groups is 1. The summed E-state index contributed by atoms with van der Waals surface area (Å²) >= 11 is 16.3. The second-order valence-electron chi connectivity index (χ2n) is 3.59. The van der Waals surface area contributed by atoms with Gasteiger partial charge in [0.05, 0.1) is 35.3 Å². The number of hydrogen-bond acceptors (Lipinski definition) is 3. The minimum Gasteiger partial charge on any atom is -0.292 e. The van der Waals surface area contributed by atoms with Gasteiger partial charge in [0.2, 0.25) is 0 Å². The van der Waals surface area contributed by atoms with E-state index in [0.29, 0.717) is 19.8 Å². The molecule has 7 heteroatoms. The number of thiophene rings is 1. The molecular weight excluding hydrogens is 391 g/mol. The fourth-order valence-electron chi connectivity index (χ4n) is 1.36. The van der Waals surface area contributed by atoms with E-state index in [1.165, 1.54) is 17.4 Å². The van der Waals surface area contributed by atoms with E-state index < -0.39 is 10.8 Å². The van der Waals surface area contributed by atoms with Gasteiger partial charge in [0.15, 0.2) is 5.78 Å². The van der Waals surface area contributed by atoms with Crippen molar-refractivity contribution in [3.8, 4) is 0 Å². The number of carbonyl (C=O) groups excluding carboxylic acids is 1. The van der Waals surface area contributed by atoms with E-state index in [9.17, 15) is 9.00 Å². The molecule has 0 fully saturated rings. The number of halogens is 3. The minimum atomic E-state index is -1.42. The van der Waals surface area contributed by atoms with Gasteiger partial charge < -0.3 is 0 Å². The molecule has 2 aromatic rings. The Balaban J connectivity index is 2.12. The van der Waals surface area contributed by atoms with Gasteiger partial charge in [0, 0.05) is 4.90 Å². The summed E-state index contributed by atoms with van der Waals surface area (Å²) in [6.45, 7) is 0. The highest BCUT2D eigenvalue weighted by molar-refractivity contribution is 9.11. The van der Waals surface area contributed by atoms with E-state index in [-0.39, 0.29) is 11.5 Å². The van der Waals surface area contributed by atoms with Crippen LogP contribution in [0.5, 0.6) is 0 Å². The highest BCUT2D eigenvalue weighted by Crippen LogP contribution is 2.26. The molecule has 0 amide bonds. The SMILES string of the molecule is O=C(CS(=O)c1ccc(Cl)c(Cl)c1)c1ccc(Br)s1. The molecule has 100 valence electrons. The molecule has 0 aliphatic heterocycles. The predicted octanol–water partition coefficient (Wildman–Crippen LogP) is 4.81. The van der Waals surface area contributed by atoms with Gasteiger partial charge in [-0.2, -0.15) is 0 Å². The van der Waals surface area contributed by atoms with Crippen molar-refractivity contribution in [1.29, 1.82) is 0 Å². The van der Waals surface area contributed by atoms with Gasteiger partial charge in [0.25, 0.3) is 0 Å². The molecular formula is C12H7BrCl2O2S2. The van der Waals surface area contributed by atoms with Crippen LogP contribution in [0.4, 0.5) is 0 Å². The summed E-state index contributed by atoms with van der Waals surface area (Å²) in [6, 6.07) is 8.21. The van der Waals surface area contributed by atoms with Gasteiger partial charge in [0.1, 0.15) is 0 Å². The smallest absolute Gasteiger partial charge is 0.185 e. The summed E-state index contributed by atoms with van der Waals surface area (Å²) in [5.41, 5.74) is 0. The van der Waals surface area contributed by atoms with E-state index >= 15 is 0 Å². The summed E-state index contributed by atoms with van der Waals surface area (Å²) in [7, 11) is -1.42. The van der Waals surface area contributed by atoms with E-state index in [0.717, 1.165) is 3.79 Å². The molecule has 0 aliphatic carbocycles. The Kier molecular flexibility index (Phi) is 5.20. The third-order valence-electron chi connectivity index (χ3n) is 2.26. The van der Waals surface area contributed by atoms with Crippen molar-refractivity contribution in [3.63, 3.8) is 0 Å². The van der Waals surface area contributed by atoms with Gasteiger partial charge in [-0.05, 0) is 46.3 Å². The number of rotatable bonds is 4. The molecule has 1 atom stereocenters. The Morgan fingerprint density at radius 2 is 1.95 bits per heavy atom. The molecule has 0 saturated carbocycles. The Bertz CT molecular complexity index is 655. The molecule has 1 unspecified atom stereocenters. The molecule has 0 N–H and O–H groups in total. The molecule has 2 nitrogen and oxygen atoms in total. The van der Waals surface area contributed by atoms with Crippen molar-refractivity contribution < 1.29 is 9.00 Å². The normalized spacial score (nSPS) is 12.4. The first kappa shape index (κ1) is 15.2. The average molecular weight is 398 g/mol. The van der Waals surface area contributed by atoms with Crippen LogP contribution in [0.15, 0.2) is 39.0 Å². The summed E-state index contributed by atoms with van der Waals surface area (Å²) in [5.74, 6) is -0.217. The highest BCUT2D eigenvalue weighted by Gasteiger charge is 2.15.